The number of carbonyl (C=O) groups excluding carboxylic acids is 1. The lowest BCUT2D eigenvalue weighted by molar-refractivity contribution is 0.238. The van der Waals surface area contributed by atoms with Crippen LogP contribution in [0.15, 0.2) is 53.4 Å². The van der Waals surface area contributed by atoms with Gasteiger partial charge in [-0.25, -0.2) is 17.5 Å². The normalized spacial score (nSPS) is 15.9. The molecule has 3 rings (SSSR count). The van der Waals surface area contributed by atoms with E-state index in [9.17, 15) is 13.2 Å². The number of nitrogens with zero attached hydrogens (tertiary/aromatic N) is 1. The Morgan fingerprint density at radius 3 is 2.59 bits per heavy atom. The molecule has 0 saturated carbocycles. The van der Waals surface area contributed by atoms with E-state index in [1.807, 2.05) is 24.3 Å². The number of hydrogen-bond acceptors (Lipinski definition) is 4. The molecule has 8 heteroatoms. The highest BCUT2D eigenvalue weighted by Gasteiger charge is 2.24. The van der Waals surface area contributed by atoms with E-state index in [4.69, 9.17) is 4.74 Å². The van der Waals surface area contributed by atoms with Gasteiger partial charge in [0.25, 0.3) is 0 Å². The maximum atomic E-state index is 12.4. The average Bonchev–Trinajstić information content (AvgIpc) is 3.08. The van der Waals surface area contributed by atoms with Crippen molar-refractivity contribution >= 4 is 16.1 Å². The summed E-state index contributed by atoms with van der Waals surface area (Å²) in [5.74, 6) is 0.959. The minimum atomic E-state index is -3.57. The summed E-state index contributed by atoms with van der Waals surface area (Å²) in [5, 5.41) is 5.55. The molecule has 0 fully saturated rings. The second kappa shape index (κ2) is 7.98. The Hall–Kier alpha value is -2.58. The molecule has 0 spiro atoms. The van der Waals surface area contributed by atoms with Crippen molar-refractivity contribution in [2.45, 2.75) is 17.4 Å². The Balaban J connectivity index is 1.58. The summed E-state index contributed by atoms with van der Waals surface area (Å²) in [6.45, 7) is 1.09. The Kier molecular flexibility index (Phi) is 5.67. The third kappa shape index (κ3) is 4.23. The fourth-order valence-corrected chi connectivity index (χ4v) is 4.07. The van der Waals surface area contributed by atoms with Crippen molar-refractivity contribution in [1.29, 1.82) is 0 Å². The summed E-state index contributed by atoms with van der Waals surface area (Å²) < 4.78 is 31.6. The van der Waals surface area contributed by atoms with Gasteiger partial charge in [0.15, 0.2) is 0 Å². The minimum absolute atomic E-state index is 0.105. The molecule has 2 aromatic rings. The fourth-order valence-electron chi connectivity index (χ4n) is 2.95. The van der Waals surface area contributed by atoms with Crippen molar-refractivity contribution in [3.63, 3.8) is 0 Å². The van der Waals surface area contributed by atoms with Gasteiger partial charge in [-0.2, -0.15) is 0 Å². The first-order valence-electron chi connectivity index (χ1n) is 8.63. The number of benzene rings is 2. The van der Waals surface area contributed by atoms with E-state index in [0.29, 0.717) is 18.7 Å². The second-order valence-corrected chi connectivity index (χ2v) is 8.62. The van der Waals surface area contributed by atoms with Crippen molar-refractivity contribution in [2.75, 3.05) is 27.2 Å². The lowest BCUT2D eigenvalue weighted by Crippen LogP contribution is -2.38. The number of ether oxygens (including phenoxy) is 1. The summed E-state index contributed by atoms with van der Waals surface area (Å²) >= 11 is 0. The van der Waals surface area contributed by atoms with Crippen LogP contribution in [0.1, 0.15) is 17.0 Å². The molecular formula is C19H23N3O4S. The molecule has 0 bridgehead atoms. The van der Waals surface area contributed by atoms with Gasteiger partial charge in [0, 0.05) is 38.7 Å². The molecule has 7 nitrogen and oxygen atoms in total. The maximum absolute atomic E-state index is 12.4. The number of fused-ring (bicyclic) bond motifs is 1. The predicted molar refractivity (Wildman–Crippen MR) is 102 cm³/mol. The molecule has 0 aliphatic carbocycles. The van der Waals surface area contributed by atoms with E-state index < -0.39 is 10.0 Å². The number of carbonyl (C=O) groups is 1. The summed E-state index contributed by atoms with van der Waals surface area (Å²) in [7, 11) is -0.609. The third-order valence-corrected chi connectivity index (χ3v) is 6.39. The SMILES string of the molecule is CN(C)S(=O)(=O)c1ccccc1CNC(=O)NCC1COc2ccccc21. The maximum Gasteiger partial charge on any atom is 0.315 e. The molecule has 1 heterocycles. The van der Waals surface area contributed by atoms with E-state index in [-0.39, 0.29) is 23.4 Å². The molecule has 1 unspecified atom stereocenters. The number of urea groups is 1. The Labute approximate surface area is 159 Å². The van der Waals surface area contributed by atoms with Crippen LogP contribution in [0, 0.1) is 0 Å². The number of hydrogen-bond donors (Lipinski definition) is 2. The van der Waals surface area contributed by atoms with Crippen LogP contribution >= 0.6 is 0 Å². The molecule has 1 aliphatic rings. The zero-order valence-corrected chi connectivity index (χ0v) is 16.1. The first-order valence-corrected chi connectivity index (χ1v) is 10.1. The van der Waals surface area contributed by atoms with Gasteiger partial charge in [0.1, 0.15) is 5.75 Å². The monoisotopic (exact) mass is 389 g/mol. The van der Waals surface area contributed by atoms with Crippen LogP contribution in [0.5, 0.6) is 5.75 Å². The average molecular weight is 389 g/mol. The minimum Gasteiger partial charge on any atom is -0.493 e. The van der Waals surface area contributed by atoms with Crippen LogP contribution in [0.4, 0.5) is 4.79 Å². The van der Waals surface area contributed by atoms with Crippen LogP contribution in [-0.4, -0.2) is 46.0 Å². The zero-order chi connectivity index (χ0) is 19.4. The van der Waals surface area contributed by atoms with Crippen LogP contribution in [0.3, 0.4) is 0 Å². The third-order valence-electron chi connectivity index (χ3n) is 4.48. The van der Waals surface area contributed by atoms with Gasteiger partial charge in [0.05, 0.1) is 11.5 Å². The van der Waals surface area contributed by atoms with Gasteiger partial charge < -0.3 is 15.4 Å². The Morgan fingerprint density at radius 1 is 1.11 bits per heavy atom. The highest BCUT2D eigenvalue weighted by Crippen LogP contribution is 2.32. The largest absolute Gasteiger partial charge is 0.493 e. The predicted octanol–water partition coefficient (Wildman–Crippen LogP) is 1.91. The summed E-state index contributed by atoms with van der Waals surface area (Å²) in [6, 6.07) is 14.1. The number of amides is 2. The van der Waals surface area contributed by atoms with Crippen LogP contribution in [0.2, 0.25) is 0 Å². The summed E-state index contributed by atoms with van der Waals surface area (Å²) in [4.78, 5) is 12.3. The van der Waals surface area contributed by atoms with Gasteiger partial charge in [-0.1, -0.05) is 36.4 Å². The fraction of sp³-hybridized carbons (Fsp3) is 0.316. The quantitative estimate of drug-likeness (QED) is 0.790. The molecule has 2 N–H and O–H groups in total. The van der Waals surface area contributed by atoms with Gasteiger partial charge in [-0.05, 0) is 17.7 Å². The molecule has 27 heavy (non-hydrogen) atoms. The molecule has 1 atom stereocenters. The van der Waals surface area contributed by atoms with E-state index in [0.717, 1.165) is 15.6 Å². The van der Waals surface area contributed by atoms with Crippen LogP contribution < -0.4 is 15.4 Å². The van der Waals surface area contributed by atoms with Crippen molar-refractivity contribution in [3.05, 3.63) is 59.7 Å². The van der Waals surface area contributed by atoms with Gasteiger partial charge >= 0.3 is 6.03 Å². The van der Waals surface area contributed by atoms with Crippen LogP contribution in [0.25, 0.3) is 0 Å². The molecule has 0 radical (unpaired) electrons. The van der Waals surface area contributed by atoms with E-state index in [1.165, 1.54) is 20.2 Å². The first kappa shape index (κ1) is 19.2. The van der Waals surface area contributed by atoms with Crippen molar-refractivity contribution in [1.82, 2.24) is 14.9 Å². The lowest BCUT2D eigenvalue weighted by atomic mass is 10.0. The molecular weight excluding hydrogens is 366 g/mol. The number of nitrogens with one attached hydrogen (secondary N) is 2. The number of rotatable bonds is 6. The Bertz CT molecular complexity index is 928. The number of para-hydroxylation sites is 1. The van der Waals surface area contributed by atoms with Gasteiger partial charge in [0.2, 0.25) is 10.0 Å². The molecule has 2 aromatic carbocycles. The summed E-state index contributed by atoms with van der Waals surface area (Å²) in [6.07, 6.45) is 0. The van der Waals surface area contributed by atoms with E-state index >= 15 is 0 Å². The lowest BCUT2D eigenvalue weighted by Gasteiger charge is -2.16. The molecule has 144 valence electrons. The number of sulfonamides is 1. The summed E-state index contributed by atoms with van der Waals surface area (Å²) in [5.41, 5.74) is 1.62. The highest BCUT2D eigenvalue weighted by molar-refractivity contribution is 7.89. The van der Waals surface area contributed by atoms with Gasteiger partial charge in [-0.15, -0.1) is 0 Å². The molecule has 0 saturated heterocycles. The smallest absolute Gasteiger partial charge is 0.315 e. The molecule has 2 amide bonds. The van der Waals surface area contributed by atoms with Crippen LogP contribution in [-0.2, 0) is 16.6 Å². The topological polar surface area (TPSA) is 87.7 Å². The molecule has 0 aromatic heterocycles. The zero-order valence-electron chi connectivity index (χ0n) is 15.3. The van der Waals surface area contributed by atoms with Gasteiger partial charge in [-0.3, -0.25) is 0 Å². The second-order valence-electron chi connectivity index (χ2n) is 6.50. The standard InChI is InChI=1S/C19H23N3O4S/c1-22(2)27(24,25)18-10-6-3-7-14(18)11-20-19(23)21-12-15-13-26-17-9-5-4-8-16(15)17/h3-10,15H,11-13H2,1-2H3,(H2,20,21,23). The highest BCUT2D eigenvalue weighted by atomic mass is 32.2. The van der Waals surface area contributed by atoms with Crippen molar-refractivity contribution < 1.29 is 17.9 Å². The Morgan fingerprint density at radius 2 is 1.81 bits per heavy atom. The molecule has 1 aliphatic heterocycles. The van der Waals surface area contributed by atoms with E-state index in [1.54, 1.807) is 18.2 Å². The van der Waals surface area contributed by atoms with E-state index in [2.05, 4.69) is 10.6 Å². The first-order chi connectivity index (χ1) is 12.9. The van der Waals surface area contributed by atoms with Crippen molar-refractivity contribution in [2.24, 2.45) is 0 Å². The van der Waals surface area contributed by atoms with Crippen molar-refractivity contribution in [3.8, 4) is 5.75 Å².